The number of benzene rings is 2. The van der Waals surface area contributed by atoms with E-state index >= 15 is 0 Å². The number of ether oxygens (including phenoxy) is 5. The normalized spacial score (nSPS) is 25.6. The van der Waals surface area contributed by atoms with Gasteiger partial charge in [-0.25, -0.2) is 18.6 Å². The topological polar surface area (TPSA) is 113 Å². The van der Waals surface area contributed by atoms with Gasteiger partial charge >= 0.3 is 0 Å². The predicted molar refractivity (Wildman–Crippen MR) is 140 cm³/mol. The van der Waals surface area contributed by atoms with E-state index in [1.165, 1.54) is 25.6 Å². The summed E-state index contributed by atoms with van der Waals surface area (Å²) in [4.78, 5) is 8.72. The van der Waals surface area contributed by atoms with Crippen LogP contribution in [0.2, 0.25) is 5.02 Å². The summed E-state index contributed by atoms with van der Waals surface area (Å²) in [6, 6.07) is 5.83. The van der Waals surface area contributed by atoms with Crippen molar-refractivity contribution >= 4 is 49.4 Å². The van der Waals surface area contributed by atoms with Crippen LogP contribution in [-0.2, 0) is 23.9 Å². The molecule has 10 nitrogen and oxygen atoms in total. The highest BCUT2D eigenvalue weighted by Crippen LogP contribution is 2.45. The molecule has 0 bridgehead atoms. The molecule has 0 amide bonds. The molecule has 38 heavy (non-hydrogen) atoms. The molecule has 1 unspecified atom stereocenters. The van der Waals surface area contributed by atoms with Gasteiger partial charge in [0.15, 0.2) is 11.9 Å². The molecule has 0 saturated carbocycles. The number of halogens is 2. The fraction of sp³-hybridized carbons (Fsp3) is 0.440. The molecule has 1 aromatic heterocycles. The van der Waals surface area contributed by atoms with Gasteiger partial charge in [0.05, 0.1) is 51.7 Å². The maximum absolute atomic E-state index is 14.3. The summed E-state index contributed by atoms with van der Waals surface area (Å²) < 4.78 is 60.3. The van der Waals surface area contributed by atoms with Crippen molar-refractivity contribution in [2.24, 2.45) is 4.36 Å². The smallest absolute Gasteiger partial charge is 0.164 e. The summed E-state index contributed by atoms with van der Waals surface area (Å²) >= 11 is 6.77. The summed E-state index contributed by atoms with van der Waals surface area (Å²) in [5.74, 6) is 1.51. The predicted octanol–water partition coefficient (Wildman–Crippen LogP) is 4.24. The van der Waals surface area contributed by atoms with Gasteiger partial charge in [0, 0.05) is 24.7 Å². The van der Waals surface area contributed by atoms with Crippen LogP contribution in [-0.4, -0.2) is 77.5 Å². The molecule has 0 spiro atoms. The second-order valence-electron chi connectivity index (χ2n) is 9.28. The number of nitrogens with zero attached hydrogens (tertiary/aromatic N) is 3. The lowest BCUT2D eigenvalue weighted by Gasteiger charge is -2.21. The van der Waals surface area contributed by atoms with Crippen LogP contribution in [0, 0.1) is 5.82 Å². The summed E-state index contributed by atoms with van der Waals surface area (Å²) in [6.45, 7) is 0.677. The lowest BCUT2D eigenvalue weighted by molar-refractivity contribution is -0.0138. The quantitative estimate of drug-likeness (QED) is 0.450. The highest BCUT2D eigenvalue weighted by Gasteiger charge is 2.49. The molecular weight excluding hydrogens is 539 g/mol. The van der Waals surface area contributed by atoms with Gasteiger partial charge in [0.25, 0.3) is 0 Å². The molecule has 13 heteroatoms. The molecule has 202 valence electrons. The largest absolute Gasteiger partial charge is 0.493 e. The molecule has 3 aromatic rings. The van der Waals surface area contributed by atoms with Crippen LogP contribution in [0.4, 0.5) is 21.6 Å². The second-order valence-corrected chi connectivity index (χ2v) is 12.2. The molecule has 0 radical (unpaired) electrons. The van der Waals surface area contributed by atoms with Crippen molar-refractivity contribution in [1.82, 2.24) is 9.97 Å². The van der Waals surface area contributed by atoms with E-state index in [1.54, 1.807) is 19.2 Å². The zero-order valence-corrected chi connectivity index (χ0v) is 22.3. The van der Waals surface area contributed by atoms with Gasteiger partial charge in [-0.05, 0) is 24.6 Å². The van der Waals surface area contributed by atoms with Gasteiger partial charge in [-0.15, -0.1) is 0 Å². The van der Waals surface area contributed by atoms with Crippen molar-refractivity contribution in [3.8, 4) is 11.5 Å². The van der Waals surface area contributed by atoms with E-state index in [-0.39, 0.29) is 41.4 Å². The number of fused-ring (bicyclic) bond motifs is 2. The number of anilines is 2. The molecule has 3 fully saturated rings. The minimum Gasteiger partial charge on any atom is -0.493 e. The second kappa shape index (κ2) is 10.1. The van der Waals surface area contributed by atoms with Gasteiger partial charge in [0.1, 0.15) is 47.7 Å². The third-order valence-corrected chi connectivity index (χ3v) is 9.68. The molecule has 6 rings (SSSR count). The maximum Gasteiger partial charge on any atom is 0.164 e. The summed E-state index contributed by atoms with van der Waals surface area (Å²) in [5.41, 5.74) is 1.32. The lowest BCUT2D eigenvalue weighted by atomic mass is 10.1. The van der Waals surface area contributed by atoms with Crippen LogP contribution in [0.5, 0.6) is 11.5 Å². The van der Waals surface area contributed by atoms with E-state index in [9.17, 15) is 8.60 Å². The molecule has 1 N–H and O–H groups in total. The Morgan fingerprint density at radius 1 is 1.13 bits per heavy atom. The molecule has 0 aliphatic carbocycles. The highest BCUT2D eigenvalue weighted by molar-refractivity contribution is 7.95. The van der Waals surface area contributed by atoms with Gasteiger partial charge in [-0.3, -0.25) is 0 Å². The number of hydrogen-bond donors (Lipinski definition) is 1. The van der Waals surface area contributed by atoms with Crippen LogP contribution in [0.3, 0.4) is 0 Å². The summed E-state index contributed by atoms with van der Waals surface area (Å²) in [7, 11) is 0.776. The first-order chi connectivity index (χ1) is 18.4. The Kier molecular flexibility index (Phi) is 6.77. The van der Waals surface area contributed by atoms with Crippen molar-refractivity contribution in [2.45, 2.75) is 30.8 Å². The van der Waals surface area contributed by atoms with Crippen molar-refractivity contribution < 1.29 is 32.3 Å². The van der Waals surface area contributed by atoms with Gasteiger partial charge in [0.2, 0.25) is 0 Å². The zero-order valence-electron chi connectivity index (χ0n) is 20.7. The lowest BCUT2D eigenvalue weighted by Crippen LogP contribution is -2.35. The van der Waals surface area contributed by atoms with Crippen LogP contribution in [0.15, 0.2) is 35.0 Å². The number of methoxy groups -OCH3 is 2. The molecule has 4 heterocycles. The average Bonchev–Trinajstić information content (AvgIpc) is 3.47. The Labute approximate surface area is 223 Å². The SMILES string of the molecule is COc1c(N=S2(=O)CCC2)cc2ncnc(Nc3ccc(F)cc3OC3CO[C@H]4[C@@H]3OC[C@H]4OC)c2c1Cl. The fourth-order valence-corrected chi connectivity index (χ4v) is 6.70. The Hall–Kier alpha value is -2.77. The Bertz CT molecular complexity index is 1510. The zero-order chi connectivity index (χ0) is 26.4. The van der Waals surface area contributed by atoms with E-state index in [4.69, 9.17) is 35.3 Å². The van der Waals surface area contributed by atoms with Crippen molar-refractivity contribution in [3.05, 3.63) is 41.4 Å². The Morgan fingerprint density at radius 3 is 2.61 bits per heavy atom. The standard InChI is InChI=1S/C25H26ClFN4O6S/c1-33-18-10-35-24-19(11-36-23(18)24)37-17-8-13(27)4-5-14(17)30-25-20-15(28-12-29-25)9-16(22(34-2)21(20)26)31-38(32)6-3-7-38/h4-5,8-9,12,18-19,23-24H,3,6-7,10-11H2,1-2H3,(H,28,29,30)/t18-,19?,23-,24-/m1/s1. The van der Waals surface area contributed by atoms with Crippen LogP contribution in [0.25, 0.3) is 10.9 Å². The fourth-order valence-electron chi connectivity index (χ4n) is 4.88. The van der Waals surface area contributed by atoms with Crippen molar-refractivity contribution in [2.75, 3.05) is 44.3 Å². The first kappa shape index (κ1) is 25.5. The van der Waals surface area contributed by atoms with Crippen LogP contribution in [0.1, 0.15) is 6.42 Å². The number of nitrogens with one attached hydrogen (secondary N) is 1. The third kappa shape index (κ3) is 4.54. The van der Waals surface area contributed by atoms with E-state index in [2.05, 4.69) is 19.6 Å². The van der Waals surface area contributed by atoms with E-state index in [0.717, 1.165) is 6.42 Å². The van der Waals surface area contributed by atoms with Crippen LogP contribution >= 0.6 is 11.6 Å². The number of aromatic nitrogens is 2. The van der Waals surface area contributed by atoms with Crippen molar-refractivity contribution in [3.63, 3.8) is 0 Å². The van der Waals surface area contributed by atoms with Crippen molar-refractivity contribution in [1.29, 1.82) is 0 Å². The average molecular weight is 565 g/mol. The van der Waals surface area contributed by atoms with E-state index < -0.39 is 21.7 Å². The summed E-state index contributed by atoms with van der Waals surface area (Å²) in [5, 5.41) is 3.89. The summed E-state index contributed by atoms with van der Waals surface area (Å²) in [6.07, 6.45) is 1.03. The molecular formula is C25H26ClFN4O6S. The minimum atomic E-state index is -2.30. The Balaban J connectivity index is 1.35. The monoisotopic (exact) mass is 564 g/mol. The highest BCUT2D eigenvalue weighted by atomic mass is 35.5. The molecule has 3 aliphatic rings. The van der Waals surface area contributed by atoms with Gasteiger partial charge in [-0.2, -0.15) is 4.36 Å². The van der Waals surface area contributed by atoms with Gasteiger partial charge in [-0.1, -0.05) is 11.6 Å². The molecule has 3 aliphatic heterocycles. The van der Waals surface area contributed by atoms with E-state index in [0.29, 0.717) is 46.2 Å². The Morgan fingerprint density at radius 2 is 1.89 bits per heavy atom. The maximum atomic E-state index is 14.3. The van der Waals surface area contributed by atoms with E-state index in [1.807, 2.05) is 0 Å². The third-order valence-electron chi connectivity index (χ3n) is 6.94. The first-order valence-corrected chi connectivity index (χ1v) is 14.3. The minimum absolute atomic E-state index is 0.178. The number of hydrogen-bond acceptors (Lipinski definition) is 10. The molecule has 3 saturated heterocycles. The first-order valence-electron chi connectivity index (χ1n) is 12.1. The number of rotatable bonds is 7. The van der Waals surface area contributed by atoms with Crippen LogP contribution < -0.4 is 14.8 Å². The molecule has 2 aromatic carbocycles. The molecule has 4 atom stereocenters. The van der Waals surface area contributed by atoms with Gasteiger partial charge < -0.3 is 29.0 Å².